The molecule has 0 radical (unpaired) electrons. The number of aromatic nitrogens is 1. The van der Waals surface area contributed by atoms with Crippen molar-refractivity contribution in [1.82, 2.24) is 4.98 Å². The van der Waals surface area contributed by atoms with E-state index in [9.17, 15) is 9.18 Å². The van der Waals surface area contributed by atoms with Gasteiger partial charge in [0.15, 0.2) is 5.82 Å². The van der Waals surface area contributed by atoms with E-state index in [0.717, 1.165) is 5.69 Å². The van der Waals surface area contributed by atoms with Gasteiger partial charge in [-0.3, -0.25) is 0 Å². The van der Waals surface area contributed by atoms with Gasteiger partial charge in [0, 0.05) is 12.4 Å². The van der Waals surface area contributed by atoms with Crippen molar-refractivity contribution in [2.24, 2.45) is 0 Å². The second kappa shape index (κ2) is 5.66. The van der Waals surface area contributed by atoms with E-state index in [1.165, 1.54) is 23.5 Å². The second-order valence-electron chi connectivity index (χ2n) is 3.90. The molecule has 0 spiro atoms. The lowest BCUT2D eigenvalue weighted by Crippen LogP contribution is -2.18. The number of carboxylic acid groups (broad SMARTS) is 1. The average Bonchev–Trinajstić information content (AvgIpc) is 2.84. The number of aromatic carboxylic acids is 1. The number of benzene rings is 1. The van der Waals surface area contributed by atoms with Gasteiger partial charge in [-0.05, 0) is 28.1 Å². The monoisotopic (exact) mass is 344 g/mol. The van der Waals surface area contributed by atoms with Crippen LogP contribution in [0.15, 0.2) is 27.5 Å². The molecule has 7 heteroatoms. The highest BCUT2D eigenvalue weighted by atomic mass is 79.9. The SMILES string of the molecule is CN(Cc1cscn1)c1ccc(C(=O)O)c(Br)c1F. The van der Waals surface area contributed by atoms with Gasteiger partial charge in [0.2, 0.25) is 0 Å². The van der Waals surface area contributed by atoms with Crippen molar-refractivity contribution in [2.45, 2.75) is 6.54 Å². The van der Waals surface area contributed by atoms with Crippen molar-refractivity contribution in [1.29, 1.82) is 0 Å². The van der Waals surface area contributed by atoms with Gasteiger partial charge >= 0.3 is 5.97 Å². The number of anilines is 1. The maximum atomic E-state index is 14.1. The maximum Gasteiger partial charge on any atom is 0.336 e. The summed E-state index contributed by atoms with van der Waals surface area (Å²) in [7, 11) is 1.73. The first-order valence-electron chi connectivity index (χ1n) is 5.30. The van der Waals surface area contributed by atoms with E-state index in [-0.39, 0.29) is 10.0 Å². The Hall–Kier alpha value is -1.47. The van der Waals surface area contributed by atoms with Crippen LogP contribution < -0.4 is 4.90 Å². The van der Waals surface area contributed by atoms with E-state index in [2.05, 4.69) is 20.9 Å². The maximum absolute atomic E-state index is 14.1. The van der Waals surface area contributed by atoms with E-state index in [1.54, 1.807) is 17.5 Å². The van der Waals surface area contributed by atoms with Gasteiger partial charge in [-0.15, -0.1) is 11.3 Å². The predicted octanol–water partition coefficient (Wildman–Crippen LogP) is 3.38. The molecule has 0 aliphatic heterocycles. The summed E-state index contributed by atoms with van der Waals surface area (Å²) in [6.45, 7) is 0.458. The highest BCUT2D eigenvalue weighted by molar-refractivity contribution is 9.10. The van der Waals surface area contributed by atoms with Crippen LogP contribution in [0.5, 0.6) is 0 Å². The Morgan fingerprint density at radius 3 is 2.89 bits per heavy atom. The van der Waals surface area contributed by atoms with Crippen LogP contribution in [-0.2, 0) is 6.54 Å². The topological polar surface area (TPSA) is 53.4 Å². The first-order valence-corrected chi connectivity index (χ1v) is 7.03. The first-order chi connectivity index (χ1) is 9.00. The quantitative estimate of drug-likeness (QED) is 0.923. The van der Waals surface area contributed by atoms with Crippen LogP contribution in [0.2, 0.25) is 0 Å². The highest BCUT2D eigenvalue weighted by Crippen LogP contribution is 2.29. The molecule has 0 fully saturated rings. The lowest BCUT2D eigenvalue weighted by molar-refractivity contribution is 0.0695. The molecule has 1 aromatic carbocycles. The Labute approximate surface area is 121 Å². The molecule has 0 amide bonds. The Balaban J connectivity index is 2.30. The fraction of sp³-hybridized carbons (Fsp3) is 0.167. The molecule has 2 rings (SSSR count). The smallest absolute Gasteiger partial charge is 0.336 e. The van der Waals surface area contributed by atoms with E-state index < -0.39 is 11.8 Å². The van der Waals surface area contributed by atoms with Crippen LogP contribution in [0.25, 0.3) is 0 Å². The van der Waals surface area contributed by atoms with Crippen LogP contribution in [0.1, 0.15) is 16.1 Å². The van der Waals surface area contributed by atoms with Crippen molar-refractivity contribution in [2.75, 3.05) is 11.9 Å². The molecule has 0 aliphatic rings. The van der Waals surface area contributed by atoms with Crippen LogP contribution in [0.3, 0.4) is 0 Å². The molecular formula is C12H10BrFN2O2S. The standard InChI is InChI=1S/C12H10BrFN2O2S/c1-16(4-7-5-19-6-15-7)9-3-2-8(12(17)18)10(13)11(9)14/h2-3,5-6H,4H2,1H3,(H,17,18). The minimum atomic E-state index is -1.17. The normalized spacial score (nSPS) is 10.5. The van der Waals surface area contributed by atoms with Crippen molar-refractivity contribution in [3.05, 3.63) is 44.6 Å². The third-order valence-electron chi connectivity index (χ3n) is 2.59. The summed E-state index contributed by atoms with van der Waals surface area (Å²) in [5.41, 5.74) is 2.78. The summed E-state index contributed by atoms with van der Waals surface area (Å²) >= 11 is 4.45. The van der Waals surface area contributed by atoms with Gasteiger partial charge in [-0.25, -0.2) is 14.2 Å². The Morgan fingerprint density at radius 1 is 1.58 bits per heavy atom. The number of carboxylic acids is 1. The molecular weight excluding hydrogens is 335 g/mol. The number of thiazole rings is 1. The van der Waals surface area contributed by atoms with Crippen molar-refractivity contribution < 1.29 is 14.3 Å². The number of hydrogen-bond acceptors (Lipinski definition) is 4. The zero-order valence-electron chi connectivity index (χ0n) is 9.93. The Morgan fingerprint density at radius 2 is 2.32 bits per heavy atom. The van der Waals surface area contributed by atoms with Gasteiger partial charge in [-0.2, -0.15) is 0 Å². The number of hydrogen-bond donors (Lipinski definition) is 1. The second-order valence-corrected chi connectivity index (χ2v) is 5.41. The van der Waals surface area contributed by atoms with Crippen LogP contribution in [0, 0.1) is 5.82 Å². The van der Waals surface area contributed by atoms with Crippen LogP contribution in [-0.4, -0.2) is 23.1 Å². The summed E-state index contributed by atoms with van der Waals surface area (Å²) in [6, 6.07) is 2.83. The molecule has 0 saturated carbocycles. The fourth-order valence-electron chi connectivity index (χ4n) is 1.64. The molecule has 19 heavy (non-hydrogen) atoms. The molecule has 1 heterocycles. The summed E-state index contributed by atoms with van der Waals surface area (Å²) in [5, 5.41) is 10.8. The largest absolute Gasteiger partial charge is 0.478 e. The number of nitrogens with zero attached hydrogens (tertiary/aromatic N) is 2. The molecule has 0 bridgehead atoms. The molecule has 0 saturated heterocycles. The van der Waals surface area contributed by atoms with Crippen molar-refractivity contribution in [3.8, 4) is 0 Å². The van der Waals surface area contributed by atoms with E-state index in [1.807, 2.05) is 5.38 Å². The molecule has 4 nitrogen and oxygen atoms in total. The van der Waals surface area contributed by atoms with E-state index in [4.69, 9.17) is 5.11 Å². The number of carbonyl (C=O) groups is 1. The Kier molecular flexibility index (Phi) is 4.16. The number of rotatable bonds is 4. The molecule has 0 atom stereocenters. The summed E-state index contributed by atoms with van der Waals surface area (Å²) in [5.74, 6) is -1.75. The summed E-state index contributed by atoms with van der Waals surface area (Å²) in [4.78, 5) is 16.7. The Bertz CT molecular complexity index is 604. The summed E-state index contributed by atoms with van der Waals surface area (Å²) in [6.07, 6.45) is 0. The third kappa shape index (κ3) is 2.93. The third-order valence-corrected chi connectivity index (χ3v) is 4.00. The molecule has 1 aromatic heterocycles. The fourth-order valence-corrected chi connectivity index (χ4v) is 2.70. The lowest BCUT2D eigenvalue weighted by Gasteiger charge is -2.19. The zero-order chi connectivity index (χ0) is 14.0. The molecule has 1 N–H and O–H groups in total. The molecule has 0 unspecified atom stereocenters. The summed E-state index contributed by atoms with van der Waals surface area (Å²) < 4.78 is 14.1. The molecule has 100 valence electrons. The predicted molar refractivity (Wildman–Crippen MR) is 75.3 cm³/mol. The zero-order valence-corrected chi connectivity index (χ0v) is 12.3. The van der Waals surface area contributed by atoms with Gasteiger partial charge in [-0.1, -0.05) is 0 Å². The average molecular weight is 345 g/mol. The minimum absolute atomic E-state index is 0.0392. The lowest BCUT2D eigenvalue weighted by atomic mass is 10.2. The van der Waals surface area contributed by atoms with Gasteiger partial charge in [0.05, 0.1) is 33.5 Å². The van der Waals surface area contributed by atoms with E-state index >= 15 is 0 Å². The molecule has 2 aromatic rings. The van der Waals surface area contributed by atoms with Gasteiger partial charge < -0.3 is 10.0 Å². The minimum Gasteiger partial charge on any atom is -0.478 e. The molecule has 0 aliphatic carbocycles. The van der Waals surface area contributed by atoms with Gasteiger partial charge in [0.1, 0.15) is 0 Å². The number of halogens is 2. The van der Waals surface area contributed by atoms with Crippen LogP contribution >= 0.6 is 27.3 Å². The van der Waals surface area contributed by atoms with Crippen LogP contribution in [0.4, 0.5) is 10.1 Å². The van der Waals surface area contributed by atoms with Crippen molar-refractivity contribution in [3.63, 3.8) is 0 Å². The van der Waals surface area contributed by atoms with Crippen molar-refractivity contribution >= 4 is 38.9 Å². The van der Waals surface area contributed by atoms with Gasteiger partial charge in [0.25, 0.3) is 0 Å². The first kappa shape index (κ1) is 14.0. The van der Waals surface area contributed by atoms with E-state index in [0.29, 0.717) is 12.2 Å². The highest BCUT2D eigenvalue weighted by Gasteiger charge is 2.18.